The van der Waals surface area contributed by atoms with Gasteiger partial charge in [0.1, 0.15) is 0 Å². The van der Waals surface area contributed by atoms with Gasteiger partial charge in [-0.2, -0.15) is 13.2 Å². The van der Waals surface area contributed by atoms with Crippen molar-refractivity contribution in [3.05, 3.63) is 35.9 Å². The number of alkyl halides is 3. The van der Waals surface area contributed by atoms with E-state index in [-0.39, 0.29) is 6.10 Å². The van der Waals surface area contributed by atoms with Gasteiger partial charge in [0.2, 0.25) is 0 Å². The number of carboxylic acid groups (broad SMARTS) is 1. The Bertz CT molecular complexity index is 586. The molecule has 3 rings (SSSR count). The lowest BCUT2D eigenvalue weighted by Gasteiger charge is -2.43. The smallest absolute Gasteiger partial charge is 0.475 e. The first kappa shape index (κ1) is 21.7. The zero-order chi connectivity index (χ0) is 19.9. The molecule has 152 valence electrons. The Morgan fingerprint density at radius 3 is 2.22 bits per heavy atom. The SMILES string of the molecule is O=C(O)C(F)(F)F.OC1CCCN(CC2(c3ccccc3)CCCCC2)C1. The van der Waals surface area contributed by atoms with Crippen LogP contribution < -0.4 is 0 Å². The molecule has 0 radical (unpaired) electrons. The lowest BCUT2D eigenvalue weighted by Crippen LogP contribution is -2.47. The maximum atomic E-state index is 10.6. The zero-order valence-corrected chi connectivity index (χ0v) is 15.4. The molecule has 1 aromatic carbocycles. The van der Waals surface area contributed by atoms with Crippen LogP contribution in [0.5, 0.6) is 0 Å². The molecule has 2 fully saturated rings. The van der Waals surface area contributed by atoms with E-state index < -0.39 is 12.1 Å². The molecule has 1 aromatic rings. The van der Waals surface area contributed by atoms with Crippen molar-refractivity contribution in [1.29, 1.82) is 0 Å². The highest BCUT2D eigenvalue weighted by molar-refractivity contribution is 5.73. The quantitative estimate of drug-likeness (QED) is 0.824. The Balaban J connectivity index is 0.000000321. The molecule has 1 saturated carbocycles. The van der Waals surface area contributed by atoms with Gasteiger partial charge >= 0.3 is 12.1 Å². The molecule has 2 aliphatic rings. The van der Waals surface area contributed by atoms with Crippen LogP contribution in [0.15, 0.2) is 30.3 Å². The lowest BCUT2D eigenvalue weighted by atomic mass is 9.69. The van der Waals surface area contributed by atoms with Gasteiger partial charge in [0.15, 0.2) is 0 Å². The number of β-amino-alcohol motifs (C(OH)–C–C–N with tert-alkyl or cyclic N) is 1. The minimum absolute atomic E-state index is 0.111. The van der Waals surface area contributed by atoms with Gasteiger partial charge < -0.3 is 10.2 Å². The second kappa shape index (κ2) is 9.55. The van der Waals surface area contributed by atoms with Gasteiger partial charge in [-0.25, -0.2) is 4.79 Å². The molecule has 1 aliphatic carbocycles. The predicted octanol–water partition coefficient (Wildman–Crippen LogP) is 3.98. The number of aliphatic hydroxyl groups is 1. The van der Waals surface area contributed by atoms with Crippen LogP contribution in [-0.4, -0.2) is 53.0 Å². The first-order valence-corrected chi connectivity index (χ1v) is 9.49. The number of carbonyl (C=O) groups is 1. The fourth-order valence-corrected chi connectivity index (χ4v) is 4.16. The summed E-state index contributed by atoms with van der Waals surface area (Å²) in [4.78, 5) is 11.4. The number of halogens is 3. The van der Waals surface area contributed by atoms with Crippen LogP contribution in [0.1, 0.15) is 50.5 Å². The molecular weight excluding hydrogens is 359 g/mol. The molecule has 27 heavy (non-hydrogen) atoms. The number of aliphatic carboxylic acids is 1. The molecule has 0 bridgehead atoms. The van der Waals surface area contributed by atoms with E-state index in [9.17, 15) is 18.3 Å². The summed E-state index contributed by atoms with van der Waals surface area (Å²) in [6.07, 6.45) is 3.64. The van der Waals surface area contributed by atoms with Crippen molar-refractivity contribution in [2.45, 2.75) is 62.6 Å². The highest BCUT2D eigenvalue weighted by Crippen LogP contribution is 2.40. The van der Waals surface area contributed by atoms with Gasteiger partial charge in [-0.15, -0.1) is 0 Å². The van der Waals surface area contributed by atoms with Crippen LogP contribution in [0.3, 0.4) is 0 Å². The number of hydrogen-bond donors (Lipinski definition) is 2. The average Bonchev–Trinajstić information content (AvgIpc) is 2.63. The van der Waals surface area contributed by atoms with Crippen molar-refractivity contribution in [3.63, 3.8) is 0 Å². The van der Waals surface area contributed by atoms with Crippen molar-refractivity contribution in [3.8, 4) is 0 Å². The average molecular weight is 387 g/mol. The topological polar surface area (TPSA) is 60.8 Å². The van der Waals surface area contributed by atoms with Crippen LogP contribution in [0.2, 0.25) is 0 Å². The van der Waals surface area contributed by atoms with E-state index in [1.807, 2.05) is 0 Å². The first-order valence-electron chi connectivity index (χ1n) is 9.49. The van der Waals surface area contributed by atoms with Crippen LogP contribution in [0.4, 0.5) is 13.2 Å². The van der Waals surface area contributed by atoms with Gasteiger partial charge in [-0.3, -0.25) is 4.90 Å². The molecule has 1 saturated heterocycles. The number of nitrogens with zero attached hydrogens (tertiary/aromatic N) is 1. The third-order valence-electron chi connectivity index (χ3n) is 5.45. The minimum atomic E-state index is -5.08. The fraction of sp³-hybridized carbons (Fsp3) is 0.650. The number of likely N-dealkylation sites (tertiary alicyclic amines) is 1. The molecule has 1 atom stereocenters. The summed E-state index contributed by atoms with van der Waals surface area (Å²) in [6, 6.07) is 11.1. The molecule has 1 aliphatic heterocycles. The van der Waals surface area contributed by atoms with Crippen LogP contribution in [0.25, 0.3) is 0 Å². The maximum absolute atomic E-state index is 10.6. The molecule has 0 amide bonds. The summed E-state index contributed by atoms with van der Waals surface area (Å²) in [6.45, 7) is 3.16. The number of hydrogen-bond acceptors (Lipinski definition) is 3. The van der Waals surface area contributed by atoms with Crippen molar-refractivity contribution in [2.24, 2.45) is 0 Å². The van der Waals surface area contributed by atoms with Gasteiger partial charge in [0.25, 0.3) is 0 Å². The van der Waals surface area contributed by atoms with E-state index >= 15 is 0 Å². The van der Waals surface area contributed by atoms with Crippen LogP contribution >= 0.6 is 0 Å². The van der Waals surface area contributed by atoms with Crippen molar-refractivity contribution in [2.75, 3.05) is 19.6 Å². The van der Waals surface area contributed by atoms with E-state index in [0.29, 0.717) is 5.41 Å². The number of aliphatic hydroxyl groups excluding tert-OH is 1. The van der Waals surface area contributed by atoms with Crippen LogP contribution in [0, 0.1) is 0 Å². The molecular formula is C20H28F3NO3. The van der Waals surface area contributed by atoms with E-state index in [4.69, 9.17) is 9.90 Å². The molecule has 7 heteroatoms. The summed E-state index contributed by atoms with van der Waals surface area (Å²) in [5, 5.41) is 17.0. The summed E-state index contributed by atoms with van der Waals surface area (Å²) < 4.78 is 31.7. The van der Waals surface area contributed by atoms with Gasteiger partial charge in [-0.1, -0.05) is 49.6 Å². The normalized spacial score (nSPS) is 23.2. The number of rotatable bonds is 3. The zero-order valence-electron chi connectivity index (χ0n) is 15.4. The molecule has 0 spiro atoms. The molecule has 1 unspecified atom stereocenters. The third-order valence-corrected chi connectivity index (χ3v) is 5.45. The Morgan fingerprint density at radius 2 is 1.70 bits per heavy atom. The Kier molecular flexibility index (Phi) is 7.68. The number of carboxylic acids is 1. The lowest BCUT2D eigenvalue weighted by molar-refractivity contribution is -0.192. The Labute approximate surface area is 158 Å². The second-order valence-corrected chi connectivity index (χ2v) is 7.54. The van der Waals surface area contributed by atoms with E-state index in [2.05, 4.69) is 35.2 Å². The standard InChI is InChI=1S/C18H27NO.C2HF3O2/c20-17-10-7-13-19(14-17)15-18(11-5-2-6-12-18)16-8-3-1-4-9-16;3-2(4,5)1(6)7/h1,3-4,8-9,17,20H,2,5-7,10-15H2;(H,6,7). The molecule has 2 N–H and O–H groups in total. The van der Waals surface area contributed by atoms with Crippen molar-refractivity contribution >= 4 is 5.97 Å². The summed E-state index contributed by atoms with van der Waals surface area (Å²) in [7, 11) is 0. The summed E-state index contributed by atoms with van der Waals surface area (Å²) in [5.74, 6) is -2.76. The number of piperidine rings is 1. The summed E-state index contributed by atoms with van der Waals surface area (Å²) in [5.41, 5.74) is 1.84. The minimum Gasteiger partial charge on any atom is -0.475 e. The predicted molar refractivity (Wildman–Crippen MR) is 96.6 cm³/mol. The summed E-state index contributed by atoms with van der Waals surface area (Å²) >= 11 is 0. The second-order valence-electron chi connectivity index (χ2n) is 7.54. The molecule has 0 aromatic heterocycles. The number of benzene rings is 1. The molecule has 1 heterocycles. The monoisotopic (exact) mass is 387 g/mol. The van der Waals surface area contributed by atoms with E-state index in [1.165, 1.54) is 37.7 Å². The van der Waals surface area contributed by atoms with E-state index in [0.717, 1.165) is 32.5 Å². The highest BCUT2D eigenvalue weighted by atomic mass is 19.4. The Hall–Kier alpha value is -1.60. The van der Waals surface area contributed by atoms with Gasteiger partial charge in [0, 0.05) is 18.5 Å². The van der Waals surface area contributed by atoms with Gasteiger partial charge in [-0.05, 0) is 37.8 Å². The Morgan fingerprint density at radius 1 is 1.11 bits per heavy atom. The van der Waals surface area contributed by atoms with Crippen LogP contribution in [-0.2, 0) is 10.2 Å². The van der Waals surface area contributed by atoms with Gasteiger partial charge in [0.05, 0.1) is 6.10 Å². The first-order chi connectivity index (χ1) is 12.7. The largest absolute Gasteiger partial charge is 0.490 e. The fourth-order valence-electron chi connectivity index (χ4n) is 4.16. The maximum Gasteiger partial charge on any atom is 0.490 e. The van der Waals surface area contributed by atoms with E-state index in [1.54, 1.807) is 0 Å². The van der Waals surface area contributed by atoms with Crippen molar-refractivity contribution in [1.82, 2.24) is 4.90 Å². The highest BCUT2D eigenvalue weighted by Gasteiger charge is 2.38. The third kappa shape index (κ3) is 6.50. The van der Waals surface area contributed by atoms with Crippen molar-refractivity contribution < 1.29 is 28.2 Å². The molecule has 4 nitrogen and oxygen atoms in total.